The fourth-order valence-corrected chi connectivity index (χ4v) is 2.51. The van der Waals surface area contributed by atoms with Gasteiger partial charge in [0.1, 0.15) is 0 Å². The number of amides is 1. The number of hydrogen-bond acceptors (Lipinski definition) is 5. The van der Waals surface area contributed by atoms with Crippen molar-refractivity contribution in [3.8, 4) is 11.5 Å². The van der Waals surface area contributed by atoms with Gasteiger partial charge in [0.2, 0.25) is 0 Å². The molecule has 28 heavy (non-hydrogen) atoms. The van der Waals surface area contributed by atoms with Crippen molar-refractivity contribution in [3.63, 3.8) is 0 Å². The molecule has 0 saturated heterocycles. The lowest BCUT2D eigenvalue weighted by Gasteiger charge is -2.12. The van der Waals surface area contributed by atoms with Crippen LogP contribution in [0.15, 0.2) is 42.5 Å². The molecule has 0 fully saturated rings. The number of carbonyl (C=O) groups excluding carboxylic acids is 2. The predicted molar refractivity (Wildman–Crippen MR) is 107 cm³/mol. The average Bonchev–Trinajstić information content (AvgIpc) is 2.71. The lowest BCUT2D eigenvalue weighted by atomic mass is 10.1. The van der Waals surface area contributed by atoms with E-state index >= 15 is 0 Å². The van der Waals surface area contributed by atoms with Gasteiger partial charge in [-0.2, -0.15) is 0 Å². The SMILES string of the molecule is CCCCOc1ccc(C(=O)OCC(=O)NCc2ccccc2C)cc1OC. The zero-order chi connectivity index (χ0) is 20.4. The van der Waals surface area contributed by atoms with E-state index in [-0.39, 0.29) is 12.5 Å². The number of nitrogens with one attached hydrogen (secondary N) is 1. The third-order valence-electron chi connectivity index (χ3n) is 4.23. The molecule has 0 aliphatic carbocycles. The van der Waals surface area contributed by atoms with Crippen LogP contribution in [0.5, 0.6) is 11.5 Å². The van der Waals surface area contributed by atoms with Crippen molar-refractivity contribution >= 4 is 11.9 Å². The fraction of sp³-hybridized carbons (Fsp3) is 0.364. The Kier molecular flexibility index (Phi) is 8.34. The molecule has 0 heterocycles. The van der Waals surface area contributed by atoms with E-state index < -0.39 is 5.97 Å². The summed E-state index contributed by atoms with van der Waals surface area (Å²) in [7, 11) is 1.51. The van der Waals surface area contributed by atoms with Crippen LogP contribution in [0.25, 0.3) is 0 Å². The minimum atomic E-state index is -0.593. The molecule has 6 nitrogen and oxygen atoms in total. The predicted octanol–water partition coefficient (Wildman–Crippen LogP) is 3.66. The normalized spacial score (nSPS) is 10.2. The zero-order valence-corrected chi connectivity index (χ0v) is 16.6. The van der Waals surface area contributed by atoms with E-state index in [4.69, 9.17) is 14.2 Å². The average molecular weight is 385 g/mol. The number of benzene rings is 2. The largest absolute Gasteiger partial charge is 0.493 e. The van der Waals surface area contributed by atoms with Gasteiger partial charge < -0.3 is 19.5 Å². The van der Waals surface area contributed by atoms with E-state index in [2.05, 4.69) is 12.2 Å². The molecule has 2 rings (SSSR count). The van der Waals surface area contributed by atoms with Gasteiger partial charge in [0, 0.05) is 6.54 Å². The second kappa shape index (κ2) is 11.0. The molecule has 1 N–H and O–H groups in total. The second-order valence-electron chi connectivity index (χ2n) is 6.35. The third-order valence-corrected chi connectivity index (χ3v) is 4.23. The van der Waals surface area contributed by atoms with Gasteiger partial charge in [-0.15, -0.1) is 0 Å². The summed E-state index contributed by atoms with van der Waals surface area (Å²) in [5, 5.41) is 2.75. The second-order valence-corrected chi connectivity index (χ2v) is 6.35. The molecule has 0 aliphatic heterocycles. The molecule has 2 aromatic rings. The molecular weight excluding hydrogens is 358 g/mol. The molecule has 1 amide bonds. The molecule has 6 heteroatoms. The smallest absolute Gasteiger partial charge is 0.338 e. The van der Waals surface area contributed by atoms with E-state index in [0.717, 1.165) is 24.0 Å². The number of aryl methyl sites for hydroxylation is 1. The van der Waals surface area contributed by atoms with Gasteiger partial charge in [-0.1, -0.05) is 37.6 Å². The van der Waals surface area contributed by atoms with Gasteiger partial charge in [0.25, 0.3) is 5.91 Å². The van der Waals surface area contributed by atoms with Gasteiger partial charge in [0.15, 0.2) is 18.1 Å². The van der Waals surface area contributed by atoms with E-state index in [1.165, 1.54) is 7.11 Å². The molecular formula is C22H27NO5. The van der Waals surface area contributed by atoms with Crippen LogP contribution in [-0.2, 0) is 16.1 Å². The Morgan fingerprint density at radius 1 is 1.07 bits per heavy atom. The maximum absolute atomic E-state index is 12.2. The molecule has 0 aliphatic rings. The molecule has 0 saturated carbocycles. The number of hydrogen-bond donors (Lipinski definition) is 1. The summed E-state index contributed by atoms with van der Waals surface area (Å²) in [6, 6.07) is 12.6. The van der Waals surface area contributed by atoms with Gasteiger partial charge >= 0.3 is 5.97 Å². The summed E-state index contributed by atoms with van der Waals surface area (Å²) in [6.07, 6.45) is 1.96. The van der Waals surface area contributed by atoms with E-state index in [9.17, 15) is 9.59 Å². The van der Waals surface area contributed by atoms with Crippen LogP contribution in [0.2, 0.25) is 0 Å². The number of carbonyl (C=O) groups is 2. The Balaban J connectivity index is 1.86. The van der Waals surface area contributed by atoms with Gasteiger partial charge in [-0.3, -0.25) is 4.79 Å². The monoisotopic (exact) mass is 385 g/mol. The zero-order valence-electron chi connectivity index (χ0n) is 16.6. The lowest BCUT2D eigenvalue weighted by Crippen LogP contribution is -2.28. The van der Waals surface area contributed by atoms with E-state index in [1.54, 1.807) is 18.2 Å². The maximum Gasteiger partial charge on any atom is 0.338 e. The Labute approximate surface area is 165 Å². The van der Waals surface area contributed by atoms with Crippen LogP contribution in [0.4, 0.5) is 0 Å². The first-order chi connectivity index (χ1) is 13.5. The highest BCUT2D eigenvalue weighted by atomic mass is 16.5. The van der Waals surface area contributed by atoms with E-state index in [0.29, 0.717) is 30.2 Å². The number of rotatable bonds is 10. The standard InChI is InChI=1S/C22H27NO5/c1-4-5-12-27-19-11-10-17(13-20(19)26-3)22(25)28-15-21(24)23-14-18-9-7-6-8-16(18)2/h6-11,13H,4-5,12,14-15H2,1-3H3,(H,23,24). The Bertz CT molecular complexity index is 803. The first-order valence-corrected chi connectivity index (χ1v) is 9.34. The van der Waals surface area contributed by atoms with Crippen molar-refractivity contribution < 1.29 is 23.8 Å². The van der Waals surface area contributed by atoms with Crippen molar-refractivity contribution in [1.29, 1.82) is 0 Å². The molecule has 0 radical (unpaired) electrons. The Hall–Kier alpha value is -3.02. The van der Waals surface area contributed by atoms with Crippen LogP contribution in [0, 0.1) is 6.92 Å². The highest BCUT2D eigenvalue weighted by Gasteiger charge is 2.14. The number of methoxy groups -OCH3 is 1. The van der Waals surface area contributed by atoms with Crippen molar-refractivity contribution in [2.24, 2.45) is 0 Å². The minimum Gasteiger partial charge on any atom is -0.493 e. The first kappa shape index (κ1) is 21.3. The Morgan fingerprint density at radius 2 is 1.86 bits per heavy atom. The lowest BCUT2D eigenvalue weighted by molar-refractivity contribution is -0.124. The number of ether oxygens (including phenoxy) is 3. The van der Waals surface area contributed by atoms with Gasteiger partial charge in [-0.25, -0.2) is 4.79 Å². The van der Waals surface area contributed by atoms with Crippen LogP contribution in [0.3, 0.4) is 0 Å². The Morgan fingerprint density at radius 3 is 2.57 bits per heavy atom. The summed E-state index contributed by atoms with van der Waals surface area (Å²) >= 11 is 0. The molecule has 150 valence electrons. The summed E-state index contributed by atoms with van der Waals surface area (Å²) in [6.45, 7) is 4.68. The summed E-state index contributed by atoms with van der Waals surface area (Å²) < 4.78 is 16.0. The maximum atomic E-state index is 12.2. The quantitative estimate of drug-likeness (QED) is 0.499. The van der Waals surface area contributed by atoms with Crippen LogP contribution in [0.1, 0.15) is 41.3 Å². The highest BCUT2D eigenvalue weighted by molar-refractivity contribution is 5.92. The highest BCUT2D eigenvalue weighted by Crippen LogP contribution is 2.28. The van der Waals surface area contributed by atoms with Crippen molar-refractivity contribution in [1.82, 2.24) is 5.32 Å². The van der Waals surface area contributed by atoms with Gasteiger partial charge in [-0.05, 0) is 42.7 Å². The molecule has 0 atom stereocenters. The third kappa shape index (κ3) is 6.30. The summed E-state index contributed by atoms with van der Waals surface area (Å²) in [5.41, 5.74) is 2.41. The van der Waals surface area contributed by atoms with Crippen LogP contribution in [-0.4, -0.2) is 32.2 Å². The fourth-order valence-electron chi connectivity index (χ4n) is 2.51. The van der Waals surface area contributed by atoms with Crippen molar-refractivity contribution in [2.75, 3.05) is 20.3 Å². The van der Waals surface area contributed by atoms with E-state index in [1.807, 2.05) is 31.2 Å². The molecule has 0 bridgehead atoms. The van der Waals surface area contributed by atoms with Gasteiger partial charge in [0.05, 0.1) is 19.3 Å². The topological polar surface area (TPSA) is 73.9 Å². The van der Waals surface area contributed by atoms with Crippen molar-refractivity contribution in [3.05, 3.63) is 59.2 Å². The summed E-state index contributed by atoms with van der Waals surface area (Å²) in [5.74, 6) is 0.0746. The molecule has 2 aromatic carbocycles. The van der Waals surface area contributed by atoms with Crippen LogP contribution >= 0.6 is 0 Å². The van der Waals surface area contributed by atoms with Crippen LogP contribution < -0.4 is 14.8 Å². The first-order valence-electron chi connectivity index (χ1n) is 9.34. The molecule has 0 aromatic heterocycles. The number of unbranched alkanes of at least 4 members (excludes halogenated alkanes) is 1. The minimum absolute atomic E-state index is 0.298. The van der Waals surface area contributed by atoms with Crippen molar-refractivity contribution in [2.45, 2.75) is 33.2 Å². The molecule has 0 unspecified atom stereocenters. The summed E-state index contributed by atoms with van der Waals surface area (Å²) in [4.78, 5) is 24.2. The number of esters is 1. The molecule has 0 spiro atoms.